The SMILES string of the molecule is O=C1NCCc2c1[nH]c1ccc([NH+]([O-])O)cc21. The highest BCUT2D eigenvalue weighted by molar-refractivity contribution is 6.02. The van der Waals surface area contributed by atoms with Gasteiger partial charge in [-0.3, -0.25) is 4.79 Å². The predicted octanol–water partition coefficient (Wildman–Crippen LogP) is -0.143. The van der Waals surface area contributed by atoms with E-state index in [-0.39, 0.29) is 11.6 Å². The van der Waals surface area contributed by atoms with E-state index in [1.54, 1.807) is 12.1 Å². The average Bonchev–Trinajstić information content (AvgIpc) is 2.68. The number of hydrogen-bond acceptors (Lipinski definition) is 3. The van der Waals surface area contributed by atoms with Gasteiger partial charge in [-0.1, -0.05) is 0 Å². The van der Waals surface area contributed by atoms with Gasteiger partial charge in [-0.25, -0.2) is 5.21 Å². The lowest BCUT2D eigenvalue weighted by molar-refractivity contribution is -0.991. The van der Waals surface area contributed by atoms with E-state index in [1.165, 1.54) is 6.07 Å². The summed E-state index contributed by atoms with van der Waals surface area (Å²) in [6.07, 6.45) is 0.726. The molecular weight excluding hydrogens is 222 g/mol. The Bertz CT molecular complexity index is 603. The van der Waals surface area contributed by atoms with Crippen LogP contribution in [0.4, 0.5) is 5.69 Å². The molecule has 1 atom stereocenters. The highest BCUT2D eigenvalue weighted by Crippen LogP contribution is 2.26. The number of rotatable bonds is 1. The molecule has 3 rings (SSSR count). The minimum absolute atomic E-state index is 0.126. The first-order valence-electron chi connectivity index (χ1n) is 5.33. The molecule has 17 heavy (non-hydrogen) atoms. The maximum atomic E-state index is 11.6. The molecule has 6 heteroatoms. The molecule has 0 fully saturated rings. The second kappa shape index (κ2) is 3.56. The summed E-state index contributed by atoms with van der Waals surface area (Å²) in [7, 11) is 0. The summed E-state index contributed by atoms with van der Waals surface area (Å²) in [4.78, 5) is 14.6. The molecule has 2 aromatic rings. The maximum absolute atomic E-state index is 11.6. The Labute approximate surface area is 96.4 Å². The Balaban J connectivity index is 2.25. The van der Waals surface area contributed by atoms with Gasteiger partial charge in [-0.15, -0.1) is 0 Å². The first-order chi connectivity index (χ1) is 8.16. The van der Waals surface area contributed by atoms with Gasteiger partial charge in [-0.2, -0.15) is 5.23 Å². The third-order valence-electron chi connectivity index (χ3n) is 3.04. The van der Waals surface area contributed by atoms with Gasteiger partial charge in [0.1, 0.15) is 5.69 Å². The Morgan fingerprint density at radius 2 is 2.24 bits per heavy atom. The molecular formula is C11H11N3O3. The second-order valence-electron chi connectivity index (χ2n) is 4.05. The molecule has 0 aliphatic carbocycles. The summed E-state index contributed by atoms with van der Waals surface area (Å²) in [5, 5.41) is 22.5. The van der Waals surface area contributed by atoms with Crippen LogP contribution in [0.15, 0.2) is 18.2 Å². The normalized spacial score (nSPS) is 16.7. The molecule has 6 nitrogen and oxygen atoms in total. The number of nitrogens with one attached hydrogen (secondary N) is 3. The monoisotopic (exact) mass is 233 g/mol. The van der Waals surface area contributed by atoms with Crippen molar-refractivity contribution in [2.45, 2.75) is 6.42 Å². The van der Waals surface area contributed by atoms with E-state index in [2.05, 4.69) is 10.3 Å². The molecule has 2 heterocycles. The van der Waals surface area contributed by atoms with Crippen LogP contribution in [0.25, 0.3) is 10.9 Å². The van der Waals surface area contributed by atoms with Crippen molar-refractivity contribution in [2.24, 2.45) is 0 Å². The van der Waals surface area contributed by atoms with Crippen molar-refractivity contribution < 1.29 is 15.2 Å². The number of carbonyl (C=O) groups excluding carboxylic acids is 1. The fourth-order valence-corrected chi connectivity index (χ4v) is 2.22. The third-order valence-corrected chi connectivity index (χ3v) is 3.04. The summed E-state index contributed by atoms with van der Waals surface area (Å²) in [5.74, 6) is -0.126. The van der Waals surface area contributed by atoms with Gasteiger partial charge < -0.3 is 15.5 Å². The Kier molecular flexibility index (Phi) is 2.15. The topological polar surface area (TPSA) is 92.6 Å². The highest BCUT2D eigenvalue weighted by atomic mass is 16.8. The molecule has 88 valence electrons. The van der Waals surface area contributed by atoms with Crippen molar-refractivity contribution in [1.82, 2.24) is 10.3 Å². The predicted molar refractivity (Wildman–Crippen MR) is 60.1 cm³/mol. The van der Waals surface area contributed by atoms with Gasteiger partial charge in [0.05, 0.1) is 0 Å². The number of aromatic nitrogens is 1. The number of benzene rings is 1. The Morgan fingerprint density at radius 1 is 1.41 bits per heavy atom. The lowest BCUT2D eigenvalue weighted by Gasteiger charge is -2.13. The lowest BCUT2D eigenvalue weighted by atomic mass is 10.0. The zero-order valence-electron chi connectivity index (χ0n) is 8.91. The molecule has 0 saturated heterocycles. The van der Waals surface area contributed by atoms with Crippen LogP contribution in [-0.2, 0) is 6.42 Å². The van der Waals surface area contributed by atoms with Gasteiger partial charge >= 0.3 is 0 Å². The largest absolute Gasteiger partial charge is 0.595 e. The van der Waals surface area contributed by atoms with Gasteiger partial charge in [0.25, 0.3) is 5.91 Å². The first kappa shape index (κ1) is 10.3. The lowest BCUT2D eigenvalue weighted by Crippen LogP contribution is -2.99. The number of carbonyl (C=O) groups is 1. The molecule has 1 aromatic heterocycles. The number of H-pyrrole nitrogens is 1. The van der Waals surface area contributed by atoms with E-state index in [0.717, 1.165) is 22.9 Å². The first-order valence-corrected chi connectivity index (χ1v) is 5.33. The molecule has 0 radical (unpaired) electrons. The summed E-state index contributed by atoms with van der Waals surface area (Å²) in [5.41, 5.74) is 2.50. The molecule has 1 aromatic carbocycles. The summed E-state index contributed by atoms with van der Waals surface area (Å²) in [6.45, 7) is 0.593. The van der Waals surface area contributed by atoms with Crippen molar-refractivity contribution in [3.8, 4) is 0 Å². The quantitative estimate of drug-likeness (QED) is 0.516. The molecule has 4 N–H and O–H groups in total. The van der Waals surface area contributed by atoms with E-state index in [4.69, 9.17) is 5.21 Å². The number of amides is 1. The van der Waals surface area contributed by atoms with E-state index in [1.807, 2.05) is 0 Å². The molecule has 0 saturated carbocycles. The molecule has 1 aliphatic rings. The number of aromatic amines is 1. The molecule has 1 aliphatic heterocycles. The maximum Gasteiger partial charge on any atom is 0.268 e. The van der Waals surface area contributed by atoms with Gasteiger partial charge in [-0.05, 0) is 18.1 Å². The fraction of sp³-hybridized carbons (Fsp3) is 0.182. The number of hydrogen-bond donors (Lipinski definition) is 4. The van der Waals surface area contributed by atoms with E-state index in [0.29, 0.717) is 12.2 Å². The zero-order valence-corrected chi connectivity index (χ0v) is 8.91. The molecule has 0 bridgehead atoms. The van der Waals surface area contributed by atoms with Crippen LogP contribution in [0, 0.1) is 5.21 Å². The van der Waals surface area contributed by atoms with Gasteiger partial charge in [0, 0.05) is 29.6 Å². The highest BCUT2D eigenvalue weighted by Gasteiger charge is 2.22. The van der Waals surface area contributed by atoms with Crippen LogP contribution in [0.1, 0.15) is 16.1 Å². The Morgan fingerprint density at radius 3 is 3.00 bits per heavy atom. The molecule has 1 unspecified atom stereocenters. The summed E-state index contributed by atoms with van der Waals surface area (Å²) in [6, 6.07) is 4.85. The summed E-state index contributed by atoms with van der Waals surface area (Å²) < 4.78 is 0. The standard InChI is InChI=1S/C11H11N3O3/c15-11-10-7(3-4-12-11)8-5-6(14(16)17)1-2-9(8)13-10/h1-2,5,13-14,16H,3-4H2,(H,12,15). The van der Waals surface area contributed by atoms with Crippen molar-refractivity contribution in [3.05, 3.63) is 34.7 Å². The van der Waals surface area contributed by atoms with E-state index < -0.39 is 5.23 Å². The third kappa shape index (κ3) is 1.50. The Hall–Kier alpha value is -1.89. The van der Waals surface area contributed by atoms with Crippen molar-refractivity contribution in [1.29, 1.82) is 0 Å². The molecule has 1 amide bonds. The summed E-state index contributed by atoms with van der Waals surface area (Å²) >= 11 is 0. The number of quaternary nitrogens is 1. The van der Waals surface area contributed by atoms with Crippen LogP contribution >= 0.6 is 0 Å². The minimum atomic E-state index is -0.956. The average molecular weight is 233 g/mol. The van der Waals surface area contributed by atoms with Crippen molar-refractivity contribution in [2.75, 3.05) is 6.54 Å². The van der Waals surface area contributed by atoms with E-state index >= 15 is 0 Å². The van der Waals surface area contributed by atoms with Crippen LogP contribution in [0.5, 0.6) is 0 Å². The van der Waals surface area contributed by atoms with E-state index in [9.17, 15) is 10.0 Å². The molecule has 0 spiro atoms. The smallest absolute Gasteiger partial charge is 0.268 e. The van der Waals surface area contributed by atoms with Crippen molar-refractivity contribution in [3.63, 3.8) is 0 Å². The second-order valence-corrected chi connectivity index (χ2v) is 4.05. The zero-order chi connectivity index (χ0) is 12.0. The number of fused-ring (bicyclic) bond motifs is 3. The van der Waals surface area contributed by atoms with Crippen LogP contribution in [0.2, 0.25) is 0 Å². The van der Waals surface area contributed by atoms with Gasteiger partial charge in [0.2, 0.25) is 0 Å². The van der Waals surface area contributed by atoms with Crippen LogP contribution in [0.3, 0.4) is 0 Å². The fourth-order valence-electron chi connectivity index (χ4n) is 2.22. The van der Waals surface area contributed by atoms with Crippen molar-refractivity contribution >= 4 is 22.5 Å². The van der Waals surface area contributed by atoms with Gasteiger partial charge in [0.15, 0.2) is 5.69 Å². The van der Waals surface area contributed by atoms with Crippen LogP contribution in [-0.4, -0.2) is 22.6 Å². The minimum Gasteiger partial charge on any atom is -0.595 e. The van der Waals surface area contributed by atoms with Crippen LogP contribution < -0.4 is 10.5 Å².